The summed E-state index contributed by atoms with van der Waals surface area (Å²) < 4.78 is 15.1. The number of rotatable bonds is 6. The van der Waals surface area contributed by atoms with E-state index in [1.807, 2.05) is 30.3 Å². The molecule has 0 saturated carbocycles. The third-order valence-electron chi connectivity index (χ3n) is 4.48. The van der Waals surface area contributed by atoms with Crippen molar-refractivity contribution in [3.8, 4) is 5.69 Å². The van der Waals surface area contributed by atoms with Gasteiger partial charge in [-0.3, -0.25) is 14.2 Å². The molecule has 0 saturated heterocycles. The fraction of sp³-hybridized carbons (Fsp3) is 0.0870. The molecule has 1 amide bonds. The lowest BCUT2D eigenvalue weighted by atomic mass is 10.2. The summed E-state index contributed by atoms with van der Waals surface area (Å²) in [7, 11) is 0. The number of nitrogens with one attached hydrogen (secondary N) is 1. The van der Waals surface area contributed by atoms with Crippen molar-refractivity contribution in [1.29, 1.82) is 0 Å². The van der Waals surface area contributed by atoms with E-state index in [4.69, 9.17) is 0 Å². The number of benzene rings is 3. The summed E-state index contributed by atoms with van der Waals surface area (Å²) in [6, 6.07) is 22.3. The third-order valence-corrected chi connectivity index (χ3v) is 5.41. The highest BCUT2D eigenvalue weighted by Gasteiger charge is 2.15. The summed E-state index contributed by atoms with van der Waals surface area (Å²) in [6.45, 7) is 0.419. The molecule has 3 aromatic carbocycles. The number of hydrogen-bond donors (Lipinski definition) is 1. The van der Waals surface area contributed by atoms with Crippen LogP contribution in [-0.4, -0.2) is 21.2 Å². The molecule has 0 bridgehead atoms. The number of carbonyl (C=O) groups excluding carboxylic acids is 1. The smallest absolute Gasteiger partial charge is 0.266 e. The molecule has 0 atom stereocenters. The molecular weight excluding hydrogens is 401 g/mol. The maximum Gasteiger partial charge on any atom is 0.266 e. The van der Waals surface area contributed by atoms with Gasteiger partial charge in [-0.05, 0) is 35.9 Å². The van der Waals surface area contributed by atoms with Crippen molar-refractivity contribution < 1.29 is 9.18 Å². The summed E-state index contributed by atoms with van der Waals surface area (Å²) in [5, 5.41) is 3.62. The predicted molar refractivity (Wildman–Crippen MR) is 116 cm³/mol. The third kappa shape index (κ3) is 4.41. The van der Waals surface area contributed by atoms with Crippen molar-refractivity contribution in [2.75, 3.05) is 5.75 Å². The first-order valence-electron chi connectivity index (χ1n) is 9.33. The van der Waals surface area contributed by atoms with Crippen LogP contribution in [0.3, 0.4) is 0 Å². The molecule has 0 fully saturated rings. The SMILES string of the molecule is O=C(CSc1nc2ccccc2c(=O)n1-c1cccc(F)c1)NCc1ccccc1. The van der Waals surface area contributed by atoms with Gasteiger partial charge in [0, 0.05) is 6.54 Å². The molecule has 0 spiro atoms. The minimum absolute atomic E-state index is 0.0763. The topological polar surface area (TPSA) is 64.0 Å². The van der Waals surface area contributed by atoms with Crippen molar-refractivity contribution >= 4 is 28.6 Å². The summed E-state index contributed by atoms with van der Waals surface area (Å²) in [5.41, 5.74) is 1.59. The van der Waals surface area contributed by atoms with Gasteiger partial charge in [0.15, 0.2) is 5.16 Å². The van der Waals surface area contributed by atoms with E-state index in [-0.39, 0.29) is 17.2 Å². The second kappa shape index (κ2) is 8.92. The normalized spacial score (nSPS) is 10.8. The summed E-state index contributed by atoms with van der Waals surface area (Å²) in [5.74, 6) is -0.561. The highest BCUT2D eigenvalue weighted by molar-refractivity contribution is 7.99. The Bertz CT molecular complexity index is 1260. The number of fused-ring (bicyclic) bond motifs is 1. The molecule has 0 aliphatic carbocycles. The van der Waals surface area contributed by atoms with Crippen LogP contribution in [0.5, 0.6) is 0 Å². The Labute approximate surface area is 176 Å². The summed E-state index contributed by atoms with van der Waals surface area (Å²) in [4.78, 5) is 30.0. The van der Waals surface area contributed by atoms with Crippen LogP contribution in [0.2, 0.25) is 0 Å². The van der Waals surface area contributed by atoms with Crippen molar-refractivity contribution in [3.05, 3.63) is 101 Å². The van der Waals surface area contributed by atoms with Crippen molar-refractivity contribution in [3.63, 3.8) is 0 Å². The number of hydrogen-bond acceptors (Lipinski definition) is 4. The molecule has 0 radical (unpaired) electrons. The average molecular weight is 419 g/mol. The summed E-state index contributed by atoms with van der Waals surface area (Å²) in [6.07, 6.45) is 0. The second-order valence-corrected chi connectivity index (χ2v) is 7.53. The Kier molecular flexibility index (Phi) is 5.90. The molecule has 30 heavy (non-hydrogen) atoms. The first-order valence-corrected chi connectivity index (χ1v) is 10.3. The van der Waals surface area contributed by atoms with Crippen molar-refractivity contribution in [2.45, 2.75) is 11.7 Å². The van der Waals surface area contributed by atoms with Gasteiger partial charge in [-0.15, -0.1) is 0 Å². The highest BCUT2D eigenvalue weighted by Crippen LogP contribution is 2.21. The van der Waals surface area contributed by atoms with Crippen LogP contribution in [0.1, 0.15) is 5.56 Å². The van der Waals surface area contributed by atoms with Crippen LogP contribution in [0.4, 0.5) is 4.39 Å². The lowest BCUT2D eigenvalue weighted by Crippen LogP contribution is -2.26. The van der Waals surface area contributed by atoms with Gasteiger partial charge in [-0.2, -0.15) is 0 Å². The molecule has 1 heterocycles. The standard InChI is InChI=1S/C23H18FN3O2S/c24-17-9-6-10-18(13-17)27-22(29)19-11-4-5-12-20(19)26-23(27)30-15-21(28)25-14-16-7-2-1-3-8-16/h1-13H,14-15H2,(H,25,28). The first kappa shape index (κ1) is 19.8. The lowest BCUT2D eigenvalue weighted by molar-refractivity contribution is -0.118. The Morgan fingerprint density at radius 3 is 2.57 bits per heavy atom. The Morgan fingerprint density at radius 2 is 1.77 bits per heavy atom. The van der Waals surface area contributed by atoms with E-state index < -0.39 is 5.82 Å². The zero-order chi connectivity index (χ0) is 20.9. The van der Waals surface area contributed by atoms with Crippen LogP contribution in [0.25, 0.3) is 16.6 Å². The molecule has 4 rings (SSSR count). The molecule has 0 aliphatic heterocycles. The second-order valence-electron chi connectivity index (χ2n) is 6.58. The largest absolute Gasteiger partial charge is 0.351 e. The zero-order valence-corrected chi connectivity index (χ0v) is 16.7. The van der Waals surface area contributed by atoms with Crippen LogP contribution < -0.4 is 10.9 Å². The highest BCUT2D eigenvalue weighted by atomic mass is 32.2. The maximum atomic E-state index is 13.8. The fourth-order valence-electron chi connectivity index (χ4n) is 3.03. The number of amides is 1. The lowest BCUT2D eigenvalue weighted by Gasteiger charge is -2.13. The van der Waals surface area contributed by atoms with E-state index in [2.05, 4.69) is 10.3 Å². The van der Waals surface area contributed by atoms with Crippen LogP contribution >= 0.6 is 11.8 Å². The Hall–Kier alpha value is -3.45. The van der Waals surface area contributed by atoms with Gasteiger partial charge in [0.05, 0.1) is 22.3 Å². The molecule has 5 nitrogen and oxygen atoms in total. The van der Waals surface area contributed by atoms with E-state index >= 15 is 0 Å². The molecule has 0 aliphatic rings. The van der Waals surface area contributed by atoms with E-state index in [9.17, 15) is 14.0 Å². The number of aromatic nitrogens is 2. The number of carbonyl (C=O) groups is 1. The number of nitrogens with zero attached hydrogens (tertiary/aromatic N) is 2. The molecule has 150 valence electrons. The van der Waals surface area contributed by atoms with E-state index in [0.717, 1.165) is 17.3 Å². The van der Waals surface area contributed by atoms with Crippen molar-refractivity contribution in [1.82, 2.24) is 14.9 Å². The van der Waals surface area contributed by atoms with Gasteiger partial charge in [0.25, 0.3) is 5.56 Å². The average Bonchev–Trinajstić information content (AvgIpc) is 2.77. The van der Waals surface area contributed by atoms with Crippen LogP contribution in [0.15, 0.2) is 88.8 Å². The number of para-hydroxylation sites is 1. The molecule has 4 aromatic rings. The first-order chi connectivity index (χ1) is 14.6. The van der Waals surface area contributed by atoms with Crippen LogP contribution in [0, 0.1) is 5.82 Å². The molecule has 1 aromatic heterocycles. The molecule has 7 heteroatoms. The Balaban J connectivity index is 1.61. The Morgan fingerprint density at radius 1 is 1.00 bits per heavy atom. The monoisotopic (exact) mass is 419 g/mol. The summed E-state index contributed by atoms with van der Waals surface area (Å²) >= 11 is 1.14. The van der Waals surface area contributed by atoms with Gasteiger partial charge in [-0.25, -0.2) is 9.37 Å². The van der Waals surface area contributed by atoms with Gasteiger partial charge in [-0.1, -0.05) is 60.3 Å². The zero-order valence-electron chi connectivity index (χ0n) is 15.9. The van der Waals surface area contributed by atoms with Gasteiger partial charge < -0.3 is 5.32 Å². The molecule has 0 unspecified atom stereocenters. The fourth-order valence-corrected chi connectivity index (χ4v) is 3.87. The van der Waals surface area contributed by atoms with Gasteiger partial charge >= 0.3 is 0 Å². The van der Waals surface area contributed by atoms with E-state index in [0.29, 0.717) is 28.3 Å². The van der Waals surface area contributed by atoms with E-state index in [1.54, 1.807) is 30.3 Å². The maximum absolute atomic E-state index is 13.8. The van der Waals surface area contributed by atoms with Gasteiger partial charge in [0.1, 0.15) is 5.82 Å². The number of halogens is 1. The minimum Gasteiger partial charge on any atom is -0.351 e. The van der Waals surface area contributed by atoms with Crippen molar-refractivity contribution in [2.24, 2.45) is 0 Å². The molecule has 1 N–H and O–H groups in total. The minimum atomic E-state index is -0.455. The predicted octanol–water partition coefficient (Wildman–Crippen LogP) is 3.93. The molecular formula is C23H18FN3O2S. The number of thioether (sulfide) groups is 1. The quantitative estimate of drug-likeness (QED) is 0.380. The van der Waals surface area contributed by atoms with Crippen LogP contribution in [-0.2, 0) is 11.3 Å². The van der Waals surface area contributed by atoms with E-state index in [1.165, 1.54) is 22.8 Å². The van der Waals surface area contributed by atoms with Gasteiger partial charge in [0.2, 0.25) is 5.91 Å².